The monoisotopic (exact) mass is 468 g/mol. The first-order valence-electron chi connectivity index (χ1n) is 7.73. The molecule has 0 aromatic heterocycles. The van der Waals surface area contributed by atoms with Gasteiger partial charge in [0.05, 0.1) is 25.0 Å². The average molecular weight is 470 g/mol. The molecular formula is C18H18Br2N2O3. The number of carbonyl (C=O) groups excluding carboxylic acids is 1. The molecule has 0 fully saturated rings. The van der Waals surface area contributed by atoms with Crippen LogP contribution in [0.5, 0.6) is 11.5 Å². The smallest absolute Gasteiger partial charge is 0.275 e. The van der Waals surface area contributed by atoms with Gasteiger partial charge in [-0.25, -0.2) is 5.43 Å². The first-order chi connectivity index (χ1) is 12.0. The SMILES string of the molecule is CCOc1ccc(Br)cc1/C=N\NC(=O)c1cc(Br)ccc1OCC. The molecule has 0 saturated carbocycles. The Balaban J connectivity index is 2.16. The second-order valence-corrected chi connectivity index (χ2v) is 6.72. The van der Waals surface area contributed by atoms with E-state index in [0.717, 1.165) is 14.5 Å². The number of hydrogen-bond acceptors (Lipinski definition) is 4. The Labute approximate surface area is 163 Å². The maximum absolute atomic E-state index is 12.4. The molecule has 2 rings (SSSR count). The van der Waals surface area contributed by atoms with Crippen molar-refractivity contribution in [1.29, 1.82) is 0 Å². The largest absolute Gasteiger partial charge is 0.493 e. The van der Waals surface area contributed by atoms with Gasteiger partial charge in [0.2, 0.25) is 0 Å². The lowest BCUT2D eigenvalue weighted by Gasteiger charge is -2.09. The highest BCUT2D eigenvalue weighted by Gasteiger charge is 2.12. The summed E-state index contributed by atoms with van der Waals surface area (Å²) in [6.07, 6.45) is 1.55. The molecule has 2 aromatic rings. The molecule has 0 aliphatic heterocycles. The quantitative estimate of drug-likeness (QED) is 0.469. The summed E-state index contributed by atoms with van der Waals surface area (Å²) < 4.78 is 12.7. The second-order valence-electron chi connectivity index (χ2n) is 4.89. The molecule has 0 atom stereocenters. The third-order valence-electron chi connectivity index (χ3n) is 3.13. The predicted molar refractivity (Wildman–Crippen MR) is 106 cm³/mol. The zero-order valence-corrected chi connectivity index (χ0v) is 17.1. The maximum Gasteiger partial charge on any atom is 0.275 e. The van der Waals surface area contributed by atoms with Crippen LogP contribution in [0.1, 0.15) is 29.8 Å². The van der Waals surface area contributed by atoms with Crippen LogP contribution in [-0.4, -0.2) is 25.3 Å². The normalized spacial score (nSPS) is 10.7. The summed E-state index contributed by atoms with van der Waals surface area (Å²) >= 11 is 6.77. The number of hydrogen-bond donors (Lipinski definition) is 1. The van der Waals surface area contributed by atoms with E-state index in [1.54, 1.807) is 18.3 Å². The molecule has 0 spiro atoms. The van der Waals surface area contributed by atoms with Crippen LogP contribution in [0, 0.1) is 0 Å². The standard InChI is InChI=1S/C18H18Br2N2O3/c1-3-24-16-7-5-13(19)9-12(16)11-21-22-18(23)15-10-14(20)6-8-17(15)25-4-2/h5-11H,3-4H2,1-2H3,(H,22,23)/b21-11-. The van der Waals surface area contributed by atoms with Crippen molar-refractivity contribution in [2.24, 2.45) is 5.10 Å². The van der Waals surface area contributed by atoms with Gasteiger partial charge in [0.25, 0.3) is 5.91 Å². The van der Waals surface area contributed by atoms with Crippen molar-refractivity contribution in [1.82, 2.24) is 5.43 Å². The van der Waals surface area contributed by atoms with E-state index in [0.29, 0.717) is 30.3 Å². The molecule has 0 heterocycles. The molecule has 0 saturated heterocycles. The Morgan fingerprint density at radius 3 is 2.32 bits per heavy atom. The van der Waals surface area contributed by atoms with Crippen LogP contribution < -0.4 is 14.9 Å². The van der Waals surface area contributed by atoms with Crippen molar-refractivity contribution in [3.63, 3.8) is 0 Å². The fourth-order valence-electron chi connectivity index (χ4n) is 2.09. The van der Waals surface area contributed by atoms with Crippen molar-refractivity contribution >= 4 is 44.0 Å². The number of benzene rings is 2. The van der Waals surface area contributed by atoms with Gasteiger partial charge in [0.15, 0.2) is 0 Å². The molecule has 1 amide bonds. The second kappa shape index (κ2) is 9.58. The highest BCUT2D eigenvalue weighted by Crippen LogP contribution is 2.24. The van der Waals surface area contributed by atoms with E-state index >= 15 is 0 Å². The predicted octanol–water partition coefficient (Wildman–Crippen LogP) is 4.77. The zero-order chi connectivity index (χ0) is 18.2. The van der Waals surface area contributed by atoms with Crippen molar-refractivity contribution in [2.45, 2.75) is 13.8 Å². The van der Waals surface area contributed by atoms with Gasteiger partial charge < -0.3 is 9.47 Å². The van der Waals surface area contributed by atoms with E-state index in [2.05, 4.69) is 42.4 Å². The van der Waals surface area contributed by atoms with Gasteiger partial charge in [0, 0.05) is 14.5 Å². The summed E-state index contributed by atoms with van der Waals surface area (Å²) in [6.45, 7) is 4.79. The van der Waals surface area contributed by atoms with Gasteiger partial charge in [-0.3, -0.25) is 4.79 Å². The summed E-state index contributed by atoms with van der Waals surface area (Å²) in [5.74, 6) is 0.853. The van der Waals surface area contributed by atoms with Crippen molar-refractivity contribution in [2.75, 3.05) is 13.2 Å². The average Bonchev–Trinajstić information content (AvgIpc) is 2.59. The lowest BCUT2D eigenvalue weighted by Crippen LogP contribution is -2.19. The van der Waals surface area contributed by atoms with E-state index in [4.69, 9.17) is 9.47 Å². The number of carbonyl (C=O) groups is 1. The maximum atomic E-state index is 12.4. The Bertz CT molecular complexity index is 779. The number of nitrogens with zero attached hydrogens (tertiary/aromatic N) is 1. The molecule has 2 aromatic carbocycles. The number of hydrazone groups is 1. The first-order valence-corrected chi connectivity index (χ1v) is 9.31. The third kappa shape index (κ3) is 5.57. The molecule has 0 bridgehead atoms. The minimum Gasteiger partial charge on any atom is -0.493 e. The molecule has 7 heteroatoms. The van der Waals surface area contributed by atoms with Gasteiger partial charge in [0.1, 0.15) is 11.5 Å². The molecule has 0 aliphatic carbocycles. The van der Waals surface area contributed by atoms with E-state index in [1.807, 2.05) is 38.1 Å². The fourth-order valence-corrected chi connectivity index (χ4v) is 2.83. The van der Waals surface area contributed by atoms with Crippen LogP contribution in [0.25, 0.3) is 0 Å². The number of nitrogens with one attached hydrogen (secondary N) is 1. The lowest BCUT2D eigenvalue weighted by molar-refractivity contribution is 0.0951. The highest BCUT2D eigenvalue weighted by atomic mass is 79.9. The summed E-state index contributed by atoms with van der Waals surface area (Å²) in [7, 11) is 0. The van der Waals surface area contributed by atoms with Crippen molar-refractivity contribution < 1.29 is 14.3 Å². The first kappa shape index (κ1) is 19.5. The van der Waals surface area contributed by atoms with Crippen molar-refractivity contribution in [3.05, 3.63) is 56.5 Å². The summed E-state index contributed by atoms with van der Waals surface area (Å²) in [4.78, 5) is 12.4. The topological polar surface area (TPSA) is 59.9 Å². The highest BCUT2D eigenvalue weighted by molar-refractivity contribution is 9.10. The van der Waals surface area contributed by atoms with Crippen LogP contribution >= 0.6 is 31.9 Å². The van der Waals surface area contributed by atoms with E-state index in [1.165, 1.54) is 0 Å². The Morgan fingerprint density at radius 2 is 1.64 bits per heavy atom. The van der Waals surface area contributed by atoms with Crippen LogP contribution in [-0.2, 0) is 0 Å². The van der Waals surface area contributed by atoms with Crippen LogP contribution in [0.4, 0.5) is 0 Å². The van der Waals surface area contributed by atoms with Crippen LogP contribution in [0.3, 0.4) is 0 Å². The Kier molecular flexibility index (Phi) is 7.46. The Hall–Kier alpha value is -1.86. The molecular weight excluding hydrogens is 452 g/mol. The van der Waals surface area contributed by atoms with E-state index < -0.39 is 0 Å². The number of rotatable bonds is 7. The number of amides is 1. The van der Waals surface area contributed by atoms with Gasteiger partial charge in [-0.05, 0) is 50.2 Å². The third-order valence-corrected chi connectivity index (χ3v) is 4.11. The van der Waals surface area contributed by atoms with E-state index in [9.17, 15) is 4.79 Å². The van der Waals surface area contributed by atoms with E-state index in [-0.39, 0.29) is 5.91 Å². The minimum absolute atomic E-state index is 0.353. The molecule has 132 valence electrons. The zero-order valence-electron chi connectivity index (χ0n) is 13.9. The number of ether oxygens (including phenoxy) is 2. The summed E-state index contributed by atoms with van der Waals surface area (Å²) in [6, 6.07) is 10.9. The lowest BCUT2D eigenvalue weighted by atomic mass is 10.2. The van der Waals surface area contributed by atoms with Gasteiger partial charge >= 0.3 is 0 Å². The Morgan fingerprint density at radius 1 is 1.04 bits per heavy atom. The fraction of sp³-hybridized carbons (Fsp3) is 0.222. The molecule has 0 radical (unpaired) electrons. The molecule has 5 nitrogen and oxygen atoms in total. The van der Waals surface area contributed by atoms with Gasteiger partial charge in [-0.15, -0.1) is 0 Å². The molecule has 1 N–H and O–H groups in total. The van der Waals surface area contributed by atoms with Crippen LogP contribution in [0.2, 0.25) is 0 Å². The van der Waals surface area contributed by atoms with Crippen LogP contribution in [0.15, 0.2) is 50.4 Å². The number of halogens is 2. The minimum atomic E-state index is -0.353. The summed E-state index contributed by atoms with van der Waals surface area (Å²) in [5.41, 5.74) is 3.69. The van der Waals surface area contributed by atoms with Crippen molar-refractivity contribution in [3.8, 4) is 11.5 Å². The summed E-state index contributed by atoms with van der Waals surface area (Å²) in [5, 5.41) is 4.04. The molecule has 0 unspecified atom stereocenters. The molecule has 25 heavy (non-hydrogen) atoms. The van der Waals surface area contributed by atoms with Gasteiger partial charge in [-0.1, -0.05) is 31.9 Å². The molecule has 0 aliphatic rings. The van der Waals surface area contributed by atoms with Gasteiger partial charge in [-0.2, -0.15) is 5.10 Å².